The van der Waals surface area contributed by atoms with E-state index in [1.54, 1.807) is 0 Å². The molecule has 0 heterocycles. The van der Waals surface area contributed by atoms with E-state index in [-0.39, 0.29) is 18.8 Å². The number of unbranched alkanes of at least 4 members (excludes halogenated alkanes) is 2. The highest BCUT2D eigenvalue weighted by Crippen LogP contribution is 2.45. The number of carbonyl (C=O) groups excluding carboxylic acids is 1. The zero-order valence-corrected chi connectivity index (χ0v) is 19.3. The second-order valence-electron chi connectivity index (χ2n) is 9.88. The maximum absolute atomic E-state index is 14.3. The number of aryl methyl sites for hydroxylation is 1. The summed E-state index contributed by atoms with van der Waals surface area (Å²) in [6.45, 7) is 2.25. The smallest absolute Gasteiger partial charge is 0.134 e. The van der Waals surface area contributed by atoms with Crippen molar-refractivity contribution >= 4 is 6.29 Å². The second-order valence-corrected chi connectivity index (χ2v) is 9.88. The summed E-state index contributed by atoms with van der Waals surface area (Å²) in [5, 5.41) is 0. The van der Waals surface area contributed by atoms with Crippen LogP contribution < -0.4 is 0 Å². The molecule has 2 fully saturated rings. The van der Waals surface area contributed by atoms with Crippen LogP contribution in [0.4, 0.5) is 8.78 Å². The molecule has 0 saturated heterocycles. The Balaban J connectivity index is 1.43. The summed E-state index contributed by atoms with van der Waals surface area (Å²) >= 11 is 0. The summed E-state index contributed by atoms with van der Waals surface area (Å²) in [4.78, 5) is 10.4. The third-order valence-corrected chi connectivity index (χ3v) is 7.83. The van der Waals surface area contributed by atoms with Gasteiger partial charge in [-0.2, -0.15) is 0 Å². The average Bonchev–Trinajstić information content (AvgIpc) is 2.83. The van der Waals surface area contributed by atoms with E-state index in [4.69, 9.17) is 0 Å². The molecule has 1 aromatic rings. The lowest BCUT2D eigenvalue weighted by molar-refractivity contribution is -0.107. The largest absolute Gasteiger partial charge is 0.303 e. The van der Waals surface area contributed by atoms with Crippen molar-refractivity contribution in [3.8, 4) is 0 Å². The van der Waals surface area contributed by atoms with Gasteiger partial charge in [0.05, 0.1) is 0 Å². The monoisotopic (exact) mass is 430 g/mol. The van der Waals surface area contributed by atoms with Crippen LogP contribution in [0.2, 0.25) is 0 Å². The Hall–Kier alpha value is -1.51. The first-order valence-corrected chi connectivity index (χ1v) is 12.7. The van der Waals surface area contributed by atoms with E-state index in [1.807, 2.05) is 0 Å². The average molecular weight is 431 g/mol. The molecule has 1 aromatic carbocycles. The fourth-order valence-corrected chi connectivity index (χ4v) is 5.83. The van der Waals surface area contributed by atoms with Crippen LogP contribution in [0.3, 0.4) is 0 Å². The Labute approximate surface area is 187 Å². The Bertz CT molecular complexity index is 692. The molecule has 3 heteroatoms. The zero-order valence-electron chi connectivity index (χ0n) is 19.3. The van der Waals surface area contributed by atoms with Crippen LogP contribution >= 0.6 is 0 Å². The first kappa shape index (κ1) is 24.1. The van der Waals surface area contributed by atoms with Gasteiger partial charge in [-0.05, 0) is 93.1 Å². The molecular weight excluding hydrogens is 390 g/mol. The summed E-state index contributed by atoms with van der Waals surface area (Å²) < 4.78 is 28.2. The normalized spacial score (nSPS) is 27.6. The first-order chi connectivity index (χ1) is 15.1. The predicted molar refractivity (Wildman–Crippen MR) is 124 cm³/mol. The van der Waals surface area contributed by atoms with E-state index < -0.39 is 11.7 Å². The molecule has 31 heavy (non-hydrogen) atoms. The van der Waals surface area contributed by atoms with Crippen LogP contribution in [0.15, 0.2) is 35.9 Å². The van der Waals surface area contributed by atoms with Crippen molar-refractivity contribution in [3.05, 3.63) is 47.0 Å². The molecule has 2 saturated carbocycles. The van der Waals surface area contributed by atoms with Gasteiger partial charge in [-0.3, -0.25) is 0 Å². The molecule has 1 nitrogen and oxygen atoms in total. The maximum atomic E-state index is 14.3. The standard InChI is InChI=1S/C28H40F2O/c1-2-3-4-6-21-8-10-22(11-9-21)23-12-14-24(15-13-23)25-16-18-26(19-17-25)28(30)27(29)7-5-20-31/h8-11,20,23-26H,2-7,12-19H2,1H3. The van der Waals surface area contributed by atoms with E-state index in [0.29, 0.717) is 18.1 Å². The van der Waals surface area contributed by atoms with E-state index in [2.05, 4.69) is 31.2 Å². The molecule has 0 aromatic heterocycles. The molecule has 0 radical (unpaired) electrons. The fourth-order valence-electron chi connectivity index (χ4n) is 5.83. The lowest BCUT2D eigenvalue weighted by atomic mass is 9.68. The quantitative estimate of drug-likeness (QED) is 0.268. The highest BCUT2D eigenvalue weighted by molar-refractivity contribution is 5.49. The molecular formula is C28H40F2O. The van der Waals surface area contributed by atoms with Crippen molar-refractivity contribution in [2.75, 3.05) is 0 Å². The molecule has 3 rings (SSSR count). The second kappa shape index (κ2) is 12.5. The minimum Gasteiger partial charge on any atom is -0.303 e. The van der Waals surface area contributed by atoms with Gasteiger partial charge >= 0.3 is 0 Å². The number of hydrogen-bond acceptors (Lipinski definition) is 1. The lowest BCUT2D eigenvalue weighted by Gasteiger charge is -2.37. The lowest BCUT2D eigenvalue weighted by Crippen LogP contribution is -2.25. The molecule has 0 amide bonds. The van der Waals surface area contributed by atoms with Crippen molar-refractivity contribution in [2.45, 2.75) is 103 Å². The van der Waals surface area contributed by atoms with Gasteiger partial charge < -0.3 is 4.79 Å². The van der Waals surface area contributed by atoms with Gasteiger partial charge in [0.25, 0.3) is 0 Å². The van der Waals surface area contributed by atoms with Gasteiger partial charge in [-0.1, -0.05) is 44.0 Å². The topological polar surface area (TPSA) is 17.1 Å². The zero-order chi connectivity index (χ0) is 22.1. The number of carbonyl (C=O) groups is 1. The summed E-state index contributed by atoms with van der Waals surface area (Å²) in [5.74, 6) is 0.552. The van der Waals surface area contributed by atoms with Gasteiger partial charge in [0, 0.05) is 18.8 Å². The molecule has 0 spiro atoms. The van der Waals surface area contributed by atoms with Gasteiger partial charge in [0.2, 0.25) is 0 Å². The van der Waals surface area contributed by atoms with Crippen LogP contribution in [-0.2, 0) is 11.2 Å². The van der Waals surface area contributed by atoms with Crippen molar-refractivity contribution in [3.63, 3.8) is 0 Å². The Morgan fingerprint density at radius 3 is 2.10 bits per heavy atom. The van der Waals surface area contributed by atoms with Crippen LogP contribution in [0, 0.1) is 17.8 Å². The highest BCUT2D eigenvalue weighted by Gasteiger charge is 2.33. The van der Waals surface area contributed by atoms with Gasteiger partial charge in [-0.25, -0.2) is 8.78 Å². The van der Waals surface area contributed by atoms with Crippen LogP contribution in [-0.4, -0.2) is 6.29 Å². The van der Waals surface area contributed by atoms with Crippen LogP contribution in [0.1, 0.15) is 107 Å². The Morgan fingerprint density at radius 2 is 1.52 bits per heavy atom. The van der Waals surface area contributed by atoms with Crippen LogP contribution in [0.5, 0.6) is 0 Å². The molecule has 0 atom stereocenters. The Kier molecular flexibility index (Phi) is 9.74. The number of aldehydes is 1. The maximum Gasteiger partial charge on any atom is 0.134 e. The number of halogens is 2. The van der Waals surface area contributed by atoms with Crippen molar-refractivity contribution in [1.29, 1.82) is 0 Å². The van der Waals surface area contributed by atoms with Gasteiger partial charge in [0.1, 0.15) is 17.9 Å². The third-order valence-electron chi connectivity index (χ3n) is 7.83. The minimum atomic E-state index is -0.701. The minimum absolute atomic E-state index is 0.0689. The predicted octanol–water partition coefficient (Wildman–Crippen LogP) is 8.63. The van der Waals surface area contributed by atoms with E-state index in [1.165, 1.54) is 62.5 Å². The van der Waals surface area contributed by atoms with Crippen LogP contribution in [0.25, 0.3) is 0 Å². The number of rotatable bonds is 10. The SMILES string of the molecule is CCCCCc1ccc(C2CCC(C3CCC(C(F)=C(F)CCC=O)CC3)CC2)cc1. The number of hydrogen-bond donors (Lipinski definition) is 0. The van der Waals surface area contributed by atoms with Gasteiger partial charge in [0.15, 0.2) is 0 Å². The first-order valence-electron chi connectivity index (χ1n) is 12.7. The van der Waals surface area contributed by atoms with Crippen molar-refractivity contribution in [1.82, 2.24) is 0 Å². The highest BCUT2D eigenvalue weighted by atomic mass is 19.2. The molecule has 0 bridgehead atoms. The van der Waals surface area contributed by atoms with E-state index in [9.17, 15) is 13.6 Å². The fraction of sp³-hybridized carbons (Fsp3) is 0.679. The van der Waals surface area contributed by atoms with Crippen molar-refractivity contribution < 1.29 is 13.6 Å². The summed E-state index contributed by atoms with van der Waals surface area (Å²) in [7, 11) is 0. The van der Waals surface area contributed by atoms with Gasteiger partial charge in [-0.15, -0.1) is 0 Å². The molecule has 2 aliphatic rings. The number of benzene rings is 1. The molecule has 172 valence electrons. The summed E-state index contributed by atoms with van der Waals surface area (Å²) in [5.41, 5.74) is 2.96. The molecule has 0 unspecified atom stereocenters. The number of allylic oxidation sites excluding steroid dienone is 2. The summed E-state index contributed by atoms with van der Waals surface area (Å²) in [6.07, 6.45) is 14.3. The summed E-state index contributed by atoms with van der Waals surface area (Å²) in [6, 6.07) is 9.36. The van der Waals surface area contributed by atoms with E-state index in [0.717, 1.165) is 31.6 Å². The van der Waals surface area contributed by atoms with Crippen molar-refractivity contribution in [2.24, 2.45) is 17.8 Å². The molecule has 0 N–H and O–H groups in total. The molecule has 2 aliphatic carbocycles. The molecule has 0 aliphatic heterocycles. The Morgan fingerprint density at radius 1 is 0.903 bits per heavy atom. The van der Waals surface area contributed by atoms with E-state index >= 15 is 0 Å². The third kappa shape index (κ3) is 6.99.